The van der Waals surface area contributed by atoms with Gasteiger partial charge in [-0.2, -0.15) is 0 Å². The van der Waals surface area contributed by atoms with Crippen LogP contribution in [0.4, 0.5) is 0 Å². The Kier molecular flexibility index (Phi) is 6.82. The van der Waals surface area contributed by atoms with Crippen molar-refractivity contribution in [2.45, 2.75) is 46.3 Å². The van der Waals surface area contributed by atoms with Crippen molar-refractivity contribution < 1.29 is 9.84 Å². The summed E-state index contributed by atoms with van der Waals surface area (Å²) in [6.07, 6.45) is 0. The minimum Gasteiger partial charge on any atom is -0.504 e. The third-order valence-corrected chi connectivity index (χ3v) is 3.49. The molecule has 1 rings (SSSR count). The lowest BCUT2D eigenvalue weighted by molar-refractivity contribution is 0.175. The molecule has 0 bridgehead atoms. The van der Waals surface area contributed by atoms with Crippen LogP contribution >= 0.6 is 0 Å². The van der Waals surface area contributed by atoms with Crippen LogP contribution in [0, 0.1) is 0 Å². The van der Waals surface area contributed by atoms with Gasteiger partial charge in [-0.15, -0.1) is 0 Å². The quantitative estimate of drug-likeness (QED) is 0.719. The first-order valence-electron chi connectivity index (χ1n) is 7.28. The molecule has 0 unspecified atom stereocenters. The van der Waals surface area contributed by atoms with Crippen LogP contribution in [0.15, 0.2) is 18.2 Å². The number of rotatable bonds is 8. The Balaban J connectivity index is 2.45. The van der Waals surface area contributed by atoms with E-state index in [2.05, 4.69) is 37.9 Å². The number of methoxy groups -OCH3 is 1. The molecule has 1 aromatic rings. The molecular formula is C16H28N2O2. The van der Waals surface area contributed by atoms with Crippen molar-refractivity contribution in [3.05, 3.63) is 23.8 Å². The van der Waals surface area contributed by atoms with Gasteiger partial charge in [0, 0.05) is 37.3 Å². The highest BCUT2D eigenvalue weighted by molar-refractivity contribution is 5.45. The fraction of sp³-hybridized carbons (Fsp3) is 0.625. The Hall–Kier alpha value is -1.26. The Bertz CT molecular complexity index is 397. The van der Waals surface area contributed by atoms with Gasteiger partial charge in [0.1, 0.15) is 0 Å². The highest BCUT2D eigenvalue weighted by Gasteiger charge is 2.12. The van der Waals surface area contributed by atoms with Gasteiger partial charge in [-0.05, 0) is 33.8 Å². The zero-order valence-electron chi connectivity index (χ0n) is 13.3. The van der Waals surface area contributed by atoms with E-state index in [0.717, 1.165) is 18.7 Å². The number of phenols is 1. The van der Waals surface area contributed by atoms with Crippen molar-refractivity contribution >= 4 is 0 Å². The van der Waals surface area contributed by atoms with E-state index in [0.29, 0.717) is 24.4 Å². The first-order valence-corrected chi connectivity index (χ1v) is 7.28. The molecule has 4 nitrogen and oxygen atoms in total. The number of hydrogen-bond donors (Lipinski definition) is 2. The molecule has 0 aliphatic heterocycles. The number of nitrogens with one attached hydrogen (secondary N) is 1. The van der Waals surface area contributed by atoms with Crippen LogP contribution in [0.2, 0.25) is 0 Å². The van der Waals surface area contributed by atoms with Crippen LogP contribution in [-0.2, 0) is 6.54 Å². The monoisotopic (exact) mass is 280 g/mol. The lowest BCUT2D eigenvalue weighted by Gasteiger charge is -2.30. The summed E-state index contributed by atoms with van der Waals surface area (Å²) in [6, 6.07) is 6.65. The maximum Gasteiger partial charge on any atom is 0.162 e. The second kappa shape index (κ2) is 8.12. The Morgan fingerprint density at radius 1 is 1.20 bits per heavy atom. The van der Waals surface area contributed by atoms with Gasteiger partial charge in [-0.25, -0.2) is 0 Å². The largest absolute Gasteiger partial charge is 0.504 e. The highest BCUT2D eigenvalue weighted by Crippen LogP contribution is 2.28. The second-order valence-corrected chi connectivity index (χ2v) is 5.57. The van der Waals surface area contributed by atoms with Gasteiger partial charge in [0.2, 0.25) is 0 Å². The molecule has 0 aliphatic carbocycles. The van der Waals surface area contributed by atoms with Crippen LogP contribution in [-0.4, -0.2) is 42.3 Å². The molecule has 2 N–H and O–H groups in total. The summed E-state index contributed by atoms with van der Waals surface area (Å²) in [5.74, 6) is 0.752. The number of ether oxygens (including phenoxy) is 1. The van der Waals surface area contributed by atoms with Crippen molar-refractivity contribution in [2.75, 3.05) is 20.2 Å². The minimum atomic E-state index is 0.229. The molecule has 0 aromatic heterocycles. The first-order chi connectivity index (χ1) is 9.47. The normalized spacial score (nSPS) is 11.6. The Morgan fingerprint density at radius 3 is 2.40 bits per heavy atom. The van der Waals surface area contributed by atoms with Gasteiger partial charge in [-0.3, -0.25) is 4.90 Å². The molecule has 20 heavy (non-hydrogen) atoms. The Labute approximate surface area is 122 Å². The first kappa shape index (κ1) is 16.8. The van der Waals surface area contributed by atoms with Crippen LogP contribution in [0.1, 0.15) is 33.3 Å². The smallest absolute Gasteiger partial charge is 0.162 e. The molecule has 0 aliphatic rings. The van der Waals surface area contributed by atoms with Gasteiger partial charge >= 0.3 is 0 Å². The van der Waals surface area contributed by atoms with Crippen LogP contribution in [0.3, 0.4) is 0 Å². The number of hydrogen-bond acceptors (Lipinski definition) is 4. The van der Waals surface area contributed by atoms with Gasteiger partial charge in [0.15, 0.2) is 11.5 Å². The third kappa shape index (κ3) is 4.69. The van der Waals surface area contributed by atoms with E-state index in [-0.39, 0.29) is 5.75 Å². The predicted molar refractivity (Wildman–Crippen MR) is 83.3 cm³/mol. The van der Waals surface area contributed by atoms with E-state index in [1.165, 1.54) is 0 Å². The SMILES string of the molecule is COc1cccc(CNCCN(C(C)C)C(C)C)c1O. The van der Waals surface area contributed by atoms with E-state index >= 15 is 0 Å². The lowest BCUT2D eigenvalue weighted by Crippen LogP contribution is -2.41. The summed E-state index contributed by atoms with van der Waals surface area (Å²) in [5.41, 5.74) is 0.866. The van der Waals surface area contributed by atoms with Crippen LogP contribution in [0.5, 0.6) is 11.5 Å². The number of benzene rings is 1. The lowest BCUT2D eigenvalue weighted by atomic mass is 10.2. The van der Waals surface area contributed by atoms with E-state index in [1.807, 2.05) is 12.1 Å². The zero-order valence-corrected chi connectivity index (χ0v) is 13.3. The van der Waals surface area contributed by atoms with E-state index in [1.54, 1.807) is 13.2 Å². The van der Waals surface area contributed by atoms with Crippen molar-refractivity contribution in [3.63, 3.8) is 0 Å². The molecular weight excluding hydrogens is 252 g/mol. The average Bonchev–Trinajstić information content (AvgIpc) is 2.39. The maximum atomic E-state index is 10.00. The van der Waals surface area contributed by atoms with Crippen molar-refractivity contribution in [1.82, 2.24) is 10.2 Å². The number of para-hydroxylation sites is 1. The van der Waals surface area contributed by atoms with Crippen LogP contribution in [0.25, 0.3) is 0 Å². The standard InChI is InChI=1S/C16H28N2O2/c1-12(2)18(13(3)4)10-9-17-11-14-7-6-8-15(20-5)16(14)19/h6-8,12-13,17,19H,9-11H2,1-5H3. The highest BCUT2D eigenvalue weighted by atomic mass is 16.5. The maximum absolute atomic E-state index is 10.00. The summed E-state index contributed by atoms with van der Waals surface area (Å²) in [4.78, 5) is 2.44. The number of phenolic OH excluding ortho intramolecular Hbond substituents is 1. The molecule has 114 valence electrons. The summed E-state index contributed by atoms with van der Waals surface area (Å²) in [7, 11) is 1.56. The summed E-state index contributed by atoms with van der Waals surface area (Å²) >= 11 is 0. The Morgan fingerprint density at radius 2 is 1.85 bits per heavy atom. The van der Waals surface area contributed by atoms with Gasteiger partial charge in [0.25, 0.3) is 0 Å². The summed E-state index contributed by atoms with van der Waals surface area (Å²) in [6.45, 7) is 11.4. The summed E-state index contributed by atoms with van der Waals surface area (Å²) in [5, 5.41) is 13.4. The van der Waals surface area contributed by atoms with Crippen molar-refractivity contribution in [3.8, 4) is 11.5 Å². The van der Waals surface area contributed by atoms with Crippen LogP contribution < -0.4 is 10.1 Å². The molecule has 0 saturated carbocycles. The minimum absolute atomic E-state index is 0.229. The molecule has 0 spiro atoms. The van der Waals surface area contributed by atoms with E-state index in [4.69, 9.17) is 4.74 Å². The zero-order chi connectivity index (χ0) is 15.1. The molecule has 0 amide bonds. The molecule has 0 saturated heterocycles. The topological polar surface area (TPSA) is 44.7 Å². The fourth-order valence-electron chi connectivity index (χ4n) is 2.42. The predicted octanol–water partition coefficient (Wildman–Crippen LogP) is 2.61. The fourth-order valence-corrected chi connectivity index (χ4v) is 2.42. The molecule has 0 heterocycles. The third-order valence-electron chi connectivity index (χ3n) is 3.49. The second-order valence-electron chi connectivity index (χ2n) is 5.57. The molecule has 0 fully saturated rings. The molecule has 0 radical (unpaired) electrons. The molecule has 0 atom stereocenters. The molecule has 1 aromatic carbocycles. The van der Waals surface area contributed by atoms with Gasteiger partial charge < -0.3 is 15.2 Å². The van der Waals surface area contributed by atoms with Crippen molar-refractivity contribution in [2.24, 2.45) is 0 Å². The van der Waals surface area contributed by atoms with Gasteiger partial charge in [-0.1, -0.05) is 12.1 Å². The van der Waals surface area contributed by atoms with Gasteiger partial charge in [0.05, 0.1) is 7.11 Å². The number of nitrogens with zero attached hydrogens (tertiary/aromatic N) is 1. The number of aromatic hydroxyl groups is 1. The summed E-state index contributed by atoms with van der Waals surface area (Å²) < 4.78 is 5.11. The van der Waals surface area contributed by atoms with E-state index < -0.39 is 0 Å². The van der Waals surface area contributed by atoms with Crippen molar-refractivity contribution in [1.29, 1.82) is 0 Å². The average molecular weight is 280 g/mol. The van der Waals surface area contributed by atoms with E-state index in [9.17, 15) is 5.11 Å². The molecule has 4 heteroatoms.